The van der Waals surface area contributed by atoms with Crippen molar-refractivity contribution < 1.29 is 14.5 Å². The molecule has 1 aromatic rings. The van der Waals surface area contributed by atoms with Crippen LogP contribution in [0.25, 0.3) is 0 Å². The SMILES string of the molecule is O=C[C@H](OCc1ccccc1)[C@H](C[N+](=O)[O-])C1C=CC=C1. The molecule has 0 aromatic heterocycles. The first-order valence-corrected chi connectivity index (χ1v) is 6.78. The molecule has 0 N–H and O–H groups in total. The van der Waals surface area contributed by atoms with Crippen LogP contribution in [0, 0.1) is 22.0 Å². The maximum atomic E-state index is 11.3. The third kappa shape index (κ3) is 4.36. The van der Waals surface area contributed by atoms with E-state index in [1.807, 2.05) is 54.6 Å². The zero-order chi connectivity index (χ0) is 15.1. The van der Waals surface area contributed by atoms with E-state index < -0.39 is 16.9 Å². The van der Waals surface area contributed by atoms with Gasteiger partial charge in [0.2, 0.25) is 6.54 Å². The van der Waals surface area contributed by atoms with Gasteiger partial charge in [-0.1, -0.05) is 54.6 Å². The van der Waals surface area contributed by atoms with Crippen LogP contribution in [0.5, 0.6) is 0 Å². The van der Waals surface area contributed by atoms with Crippen LogP contribution in [-0.2, 0) is 16.1 Å². The van der Waals surface area contributed by atoms with E-state index in [0.29, 0.717) is 6.29 Å². The summed E-state index contributed by atoms with van der Waals surface area (Å²) in [6.45, 7) is -0.0316. The summed E-state index contributed by atoms with van der Waals surface area (Å²) in [5.74, 6) is -0.627. The minimum Gasteiger partial charge on any atom is -0.365 e. The van der Waals surface area contributed by atoms with Gasteiger partial charge >= 0.3 is 0 Å². The topological polar surface area (TPSA) is 69.4 Å². The first kappa shape index (κ1) is 15.1. The van der Waals surface area contributed by atoms with Crippen LogP contribution in [0.4, 0.5) is 0 Å². The van der Waals surface area contributed by atoms with Crippen LogP contribution in [0.1, 0.15) is 5.56 Å². The Morgan fingerprint density at radius 1 is 1.24 bits per heavy atom. The second-order valence-electron chi connectivity index (χ2n) is 4.92. The molecule has 0 heterocycles. The van der Waals surface area contributed by atoms with Gasteiger partial charge in [0.05, 0.1) is 12.5 Å². The lowest BCUT2D eigenvalue weighted by Crippen LogP contribution is -2.35. The van der Waals surface area contributed by atoms with Gasteiger partial charge in [0.1, 0.15) is 12.4 Å². The summed E-state index contributed by atoms with van der Waals surface area (Å²) < 4.78 is 5.61. The van der Waals surface area contributed by atoms with Crippen LogP contribution in [0.2, 0.25) is 0 Å². The summed E-state index contributed by atoms with van der Waals surface area (Å²) in [7, 11) is 0. The van der Waals surface area contributed by atoms with Crippen LogP contribution in [0.3, 0.4) is 0 Å². The Morgan fingerprint density at radius 3 is 2.48 bits per heavy atom. The van der Waals surface area contributed by atoms with Gasteiger partial charge in [-0.2, -0.15) is 0 Å². The van der Waals surface area contributed by atoms with Crippen molar-refractivity contribution in [1.82, 2.24) is 0 Å². The molecule has 0 unspecified atom stereocenters. The number of allylic oxidation sites excluding steroid dienone is 4. The van der Waals surface area contributed by atoms with Crippen molar-refractivity contribution in [3.8, 4) is 0 Å². The first-order valence-electron chi connectivity index (χ1n) is 6.78. The standard InChI is InChI=1S/C16H17NO4/c18-11-16(21-12-13-6-2-1-3-7-13)15(10-17(19)20)14-8-4-5-9-14/h1-9,11,14-16H,10,12H2/t15-,16+/m1/s1. The largest absolute Gasteiger partial charge is 0.365 e. The highest BCUT2D eigenvalue weighted by Crippen LogP contribution is 2.25. The van der Waals surface area contributed by atoms with Gasteiger partial charge in [0, 0.05) is 10.8 Å². The van der Waals surface area contributed by atoms with Gasteiger partial charge in [-0.3, -0.25) is 10.1 Å². The number of ether oxygens (including phenoxy) is 1. The van der Waals surface area contributed by atoms with Gasteiger partial charge in [-0.15, -0.1) is 0 Å². The molecule has 5 nitrogen and oxygen atoms in total. The monoisotopic (exact) mass is 287 g/mol. The molecule has 0 saturated heterocycles. The van der Waals surface area contributed by atoms with Gasteiger partial charge in [-0.05, 0) is 5.56 Å². The summed E-state index contributed by atoms with van der Waals surface area (Å²) in [4.78, 5) is 21.8. The predicted molar refractivity (Wildman–Crippen MR) is 78.2 cm³/mol. The number of carbonyl (C=O) groups excluding carboxylic acids is 1. The normalized spacial score (nSPS) is 16.8. The zero-order valence-electron chi connectivity index (χ0n) is 11.5. The number of rotatable bonds is 8. The molecule has 5 heteroatoms. The average Bonchev–Trinajstić information content (AvgIpc) is 3.01. The van der Waals surface area contributed by atoms with Crippen LogP contribution < -0.4 is 0 Å². The smallest absolute Gasteiger partial charge is 0.210 e. The van der Waals surface area contributed by atoms with E-state index >= 15 is 0 Å². The molecule has 1 aromatic carbocycles. The zero-order valence-corrected chi connectivity index (χ0v) is 11.5. The van der Waals surface area contributed by atoms with E-state index in [0.717, 1.165) is 5.56 Å². The highest BCUT2D eigenvalue weighted by atomic mass is 16.6. The Bertz CT molecular complexity index is 526. The number of carbonyl (C=O) groups is 1. The van der Waals surface area contributed by atoms with Gasteiger partial charge in [0.15, 0.2) is 0 Å². The molecule has 110 valence electrons. The lowest BCUT2D eigenvalue weighted by molar-refractivity contribution is -0.491. The minimum absolute atomic E-state index is 0.138. The van der Waals surface area contributed by atoms with Crippen molar-refractivity contribution in [3.05, 3.63) is 70.3 Å². The molecular weight excluding hydrogens is 270 g/mol. The fourth-order valence-electron chi connectivity index (χ4n) is 2.38. The van der Waals surface area contributed by atoms with Crippen LogP contribution in [0.15, 0.2) is 54.6 Å². The summed E-state index contributed by atoms with van der Waals surface area (Å²) >= 11 is 0. The van der Waals surface area contributed by atoms with Crippen molar-refractivity contribution in [2.75, 3.05) is 6.54 Å². The quantitative estimate of drug-likeness (QED) is 0.418. The number of aldehydes is 1. The molecule has 0 fully saturated rings. The Hall–Kier alpha value is -2.27. The predicted octanol–water partition coefficient (Wildman–Crippen LogP) is 2.41. The maximum Gasteiger partial charge on any atom is 0.210 e. The molecule has 0 radical (unpaired) electrons. The molecule has 0 amide bonds. The number of nitrogens with zero attached hydrogens (tertiary/aromatic N) is 1. The molecular formula is C16H17NO4. The third-order valence-electron chi connectivity index (χ3n) is 3.47. The average molecular weight is 287 g/mol. The summed E-state index contributed by atoms with van der Waals surface area (Å²) in [6.07, 6.45) is 7.24. The maximum absolute atomic E-state index is 11.3. The van der Waals surface area contributed by atoms with Crippen molar-refractivity contribution in [1.29, 1.82) is 0 Å². The lowest BCUT2D eigenvalue weighted by atomic mass is 9.89. The van der Waals surface area contributed by atoms with Gasteiger partial charge < -0.3 is 9.53 Å². The number of nitro groups is 1. The van der Waals surface area contributed by atoms with E-state index in [4.69, 9.17) is 4.74 Å². The fraction of sp³-hybridized carbons (Fsp3) is 0.312. The van der Waals surface area contributed by atoms with E-state index in [2.05, 4.69) is 0 Å². The minimum atomic E-state index is -0.798. The molecule has 2 rings (SSSR count). The molecule has 21 heavy (non-hydrogen) atoms. The molecule has 0 bridgehead atoms. The molecule has 0 aliphatic heterocycles. The highest BCUT2D eigenvalue weighted by Gasteiger charge is 2.32. The first-order chi connectivity index (χ1) is 10.2. The van der Waals surface area contributed by atoms with Crippen molar-refractivity contribution in [3.63, 3.8) is 0 Å². The molecule has 2 atom stereocenters. The molecule has 1 aliphatic carbocycles. The summed E-state index contributed by atoms with van der Waals surface area (Å²) in [5.41, 5.74) is 0.932. The number of hydrogen-bond acceptors (Lipinski definition) is 4. The Morgan fingerprint density at radius 2 is 1.90 bits per heavy atom. The fourth-order valence-corrected chi connectivity index (χ4v) is 2.38. The van der Waals surface area contributed by atoms with Crippen molar-refractivity contribution >= 4 is 6.29 Å². The number of hydrogen-bond donors (Lipinski definition) is 0. The van der Waals surface area contributed by atoms with Gasteiger partial charge in [0.25, 0.3) is 0 Å². The van der Waals surface area contributed by atoms with Crippen molar-refractivity contribution in [2.24, 2.45) is 11.8 Å². The van der Waals surface area contributed by atoms with E-state index in [-0.39, 0.29) is 19.1 Å². The second kappa shape index (κ2) is 7.50. The Kier molecular flexibility index (Phi) is 5.40. The van der Waals surface area contributed by atoms with E-state index in [1.54, 1.807) is 0 Å². The molecule has 0 spiro atoms. The molecule has 1 aliphatic rings. The third-order valence-corrected chi connectivity index (χ3v) is 3.47. The molecule has 0 saturated carbocycles. The highest BCUT2D eigenvalue weighted by molar-refractivity contribution is 5.57. The number of benzene rings is 1. The second-order valence-corrected chi connectivity index (χ2v) is 4.92. The summed E-state index contributed by atoms with van der Waals surface area (Å²) in [5, 5.41) is 10.8. The Labute approximate surface area is 123 Å². The van der Waals surface area contributed by atoms with Crippen LogP contribution >= 0.6 is 0 Å². The lowest BCUT2D eigenvalue weighted by Gasteiger charge is -2.23. The van der Waals surface area contributed by atoms with Crippen LogP contribution in [-0.4, -0.2) is 23.9 Å². The summed E-state index contributed by atoms with van der Waals surface area (Å²) in [6, 6.07) is 9.43. The Balaban J connectivity index is 2.04. The van der Waals surface area contributed by atoms with E-state index in [9.17, 15) is 14.9 Å². The van der Waals surface area contributed by atoms with Gasteiger partial charge in [-0.25, -0.2) is 0 Å². The van der Waals surface area contributed by atoms with E-state index in [1.165, 1.54) is 0 Å². The van der Waals surface area contributed by atoms with Crippen molar-refractivity contribution in [2.45, 2.75) is 12.7 Å².